The van der Waals surface area contributed by atoms with Gasteiger partial charge in [-0.05, 0) is 34.9 Å². The number of nitrogens with zero attached hydrogens (tertiary/aromatic N) is 5. The summed E-state index contributed by atoms with van der Waals surface area (Å²) in [5.74, 6) is 1.35. The van der Waals surface area contributed by atoms with Crippen LogP contribution in [0.1, 0.15) is 31.4 Å². The van der Waals surface area contributed by atoms with Gasteiger partial charge in [0.05, 0.1) is 11.6 Å². The summed E-state index contributed by atoms with van der Waals surface area (Å²) < 4.78 is 4.24. The first kappa shape index (κ1) is 14.3. The summed E-state index contributed by atoms with van der Waals surface area (Å²) in [4.78, 5) is 6.83. The van der Waals surface area contributed by atoms with Crippen molar-refractivity contribution < 1.29 is 0 Å². The van der Waals surface area contributed by atoms with Crippen molar-refractivity contribution in [2.24, 2.45) is 0 Å². The molecule has 6 heteroatoms. The van der Waals surface area contributed by atoms with Crippen LogP contribution in [0.25, 0.3) is 11.2 Å². The topological polar surface area (TPSA) is 38.9 Å². The molecule has 0 aliphatic rings. The van der Waals surface area contributed by atoms with E-state index in [4.69, 9.17) is 11.6 Å². The van der Waals surface area contributed by atoms with E-state index in [1.807, 2.05) is 11.6 Å². The van der Waals surface area contributed by atoms with Crippen molar-refractivity contribution in [1.29, 1.82) is 0 Å². The molecular formula is C13H22ClN5. The Labute approximate surface area is 119 Å². The largest absolute Gasteiger partial charge is 0.308 e. The van der Waals surface area contributed by atoms with Crippen LogP contribution >= 0.6 is 11.6 Å². The molecule has 0 spiro atoms. The van der Waals surface area contributed by atoms with Gasteiger partial charge in [-0.2, -0.15) is 5.10 Å². The number of imidazole rings is 1. The lowest BCUT2D eigenvalue weighted by Gasteiger charge is -2.21. The van der Waals surface area contributed by atoms with Crippen LogP contribution in [-0.2, 0) is 12.4 Å². The quantitative estimate of drug-likeness (QED) is 0.791. The van der Waals surface area contributed by atoms with Gasteiger partial charge in [0.2, 0.25) is 0 Å². The third kappa shape index (κ3) is 2.49. The standard InChI is InChI=1S/C13H22ClN5/c1-6-18-13-12(10(3)16-18)15-11(7-14)19(13)9(2)8-17(4)5/h9H,6-8H2,1-5H3. The molecule has 5 nitrogen and oxygen atoms in total. The summed E-state index contributed by atoms with van der Waals surface area (Å²) in [6.45, 7) is 8.08. The summed E-state index contributed by atoms with van der Waals surface area (Å²) in [6.07, 6.45) is 0. The summed E-state index contributed by atoms with van der Waals surface area (Å²) in [5.41, 5.74) is 3.03. The molecule has 0 radical (unpaired) electrons. The molecule has 2 heterocycles. The molecule has 2 aromatic rings. The minimum absolute atomic E-state index is 0.315. The van der Waals surface area contributed by atoms with Crippen molar-refractivity contribution >= 4 is 22.8 Å². The fraction of sp³-hybridized carbons (Fsp3) is 0.692. The average Bonchev–Trinajstić information content (AvgIpc) is 2.86. The zero-order valence-corrected chi connectivity index (χ0v) is 13.1. The smallest absolute Gasteiger partial charge is 0.159 e. The number of aryl methyl sites for hydroxylation is 2. The predicted molar refractivity (Wildman–Crippen MR) is 78.8 cm³/mol. The Bertz CT molecular complexity index is 569. The highest BCUT2D eigenvalue weighted by atomic mass is 35.5. The molecule has 0 saturated carbocycles. The number of halogens is 1. The molecule has 2 rings (SSSR count). The third-order valence-electron chi connectivity index (χ3n) is 3.31. The van der Waals surface area contributed by atoms with Crippen molar-refractivity contribution in [2.75, 3.05) is 20.6 Å². The Morgan fingerprint density at radius 1 is 1.37 bits per heavy atom. The molecule has 0 amide bonds. The van der Waals surface area contributed by atoms with Gasteiger partial charge in [-0.25, -0.2) is 9.67 Å². The highest BCUT2D eigenvalue weighted by Gasteiger charge is 2.21. The van der Waals surface area contributed by atoms with E-state index >= 15 is 0 Å². The zero-order chi connectivity index (χ0) is 14.2. The molecule has 106 valence electrons. The summed E-state index contributed by atoms with van der Waals surface area (Å²) >= 11 is 6.06. The van der Waals surface area contributed by atoms with Crippen LogP contribution in [0.5, 0.6) is 0 Å². The van der Waals surface area contributed by atoms with E-state index in [0.717, 1.165) is 35.8 Å². The van der Waals surface area contributed by atoms with Crippen LogP contribution in [0.2, 0.25) is 0 Å². The Kier molecular flexibility index (Phi) is 4.16. The molecule has 19 heavy (non-hydrogen) atoms. The van der Waals surface area contributed by atoms with Gasteiger partial charge < -0.3 is 9.47 Å². The average molecular weight is 284 g/mol. The normalized spacial score (nSPS) is 13.6. The molecular weight excluding hydrogens is 262 g/mol. The van der Waals surface area contributed by atoms with Crippen LogP contribution in [0.3, 0.4) is 0 Å². The van der Waals surface area contributed by atoms with Crippen LogP contribution in [0, 0.1) is 6.92 Å². The van der Waals surface area contributed by atoms with E-state index in [-0.39, 0.29) is 0 Å². The molecule has 0 aliphatic heterocycles. The third-order valence-corrected chi connectivity index (χ3v) is 3.55. The van der Waals surface area contributed by atoms with Crippen molar-refractivity contribution in [2.45, 2.75) is 39.2 Å². The molecule has 0 aromatic carbocycles. The van der Waals surface area contributed by atoms with Crippen molar-refractivity contribution in [3.63, 3.8) is 0 Å². The van der Waals surface area contributed by atoms with Crippen molar-refractivity contribution in [3.05, 3.63) is 11.5 Å². The number of aromatic nitrogens is 4. The van der Waals surface area contributed by atoms with E-state index in [1.165, 1.54) is 0 Å². The molecule has 2 aromatic heterocycles. The van der Waals surface area contributed by atoms with Crippen LogP contribution in [0.15, 0.2) is 0 Å². The van der Waals surface area contributed by atoms with E-state index in [2.05, 4.69) is 47.5 Å². The van der Waals surface area contributed by atoms with Gasteiger partial charge in [-0.1, -0.05) is 0 Å². The van der Waals surface area contributed by atoms with E-state index < -0.39 is 0 Å². The minimum Gasteiger partial charge on any atom is -0.308 e. The Balaban J connectivity index is 2.61. The highest BCUT2D eigenvalue weighted by Crippen LogP contribution is 2.25. The summed E-state index contributed by atoms with van der Waals surface area (Å²) in [5, 5.41) is 4.54. The molecule has 0 fully saturated rings. The molecule has 1 atom stereocenters. The first-order chi connectivity index (χ1) is 8.99. The molecule has 0 aliphatic carbocycles. The van der Waals surface area contributed by atoms with Gasteiger partial charge in [-0.3, -0.25) is 0 Å². The van der Waals surface area contributed by atoms with E-state index in [1.54, 1.807) is 0 Å². The lowest BCUT2D eigenvalue weighted by atomic mass is 10.3. The van der Waals surface area contributed by atoms with Gasteiger partial charge in [0, 0.05) is 19.1 Å². The van der Waals surface area contributed by atoms with Crippen LogP contribution < -0.4 is 0 Å². The van der Waals surface area contributed by atoms with Crippen molar-refractivity contribution in [3.8, 4) is 0 Å². The second-order valence-electron chi connectivity index (χ2n) is 5.22. The molecule has 0 N–H and O–H groups in total. The first-order valence-electron chi connectivity index (χ1n) is 6.64. The highest BCUT2D eigenvalue weighted by molar-refractivity contribution is 6.16. The molecule has 0 bridgehead atoms. The fourth-order valence-electron chi connectivity index (χ4n) is 2.62. The first-order valence-corrected chi connectivity index (χ1v) is 7.17. The maximum absolute atomic E-state index is 6.06. The summed E-state index contributed by atoms with van der Waals surface area (Å²) in [6, 6.07) is 0.315. The number of hydrogen-bond donors (Lipinski definition) is 0. The number of alkyl halides is 1. The second kappa shape index (κ2) is 5.51. The Morgan fingerprint density at radius 2 is 2.05 bits per heavy atom. The number of likely N-dealkylation sites (N-methyl/N-ethyl adjacent to an activating group) is 1. The van der Waals surface area contributed by atoms with E-state index in [9.17, 15) is 0 Å². The van der Waals surface area contributed by atoms with Gasteiger partial charge in [0.1, 0.15) is 11.3 Å². The predicted octanol–water partition coefficient (Wildman–Crippen LogP) is 2.42. The fourth-order valence-corrected chi connectivity index (χ4v) is 2.81. The zero-order valence-electron chi connectivity index (χ0n) is 12.3. The SMILES string of the molecule is CCn1nc(C)c2nc(CCl)n(C(C)CN(C)C)c21. The van der Waals surface area contributed by atoms with Gasteiger partial charge in [-0.15, -0.1) is 11.6 Å². The summed E-state index contributed by atoms with van der Waals surface area (Å²) in [7, 11) is 4.15. The maximum Gasteiger partial charge on any atom is 0.159 e. The van der Waals surface area contributed by atoms with Gasteiger partial charge in [0.25, 0.3) is 0 Å². The number of hydrogen-bond acceptors (Lipinski definition) is 3. The van der Waals surface area contributed by atoms with Crippen LogP contribution in [-0.4, -0.2) is 44.9 Å². The minimum atomic E-state index is 0.315. The van der Waals surface area contributed by atoms with Gasteiger partial charge >= 0.3 is 0 Å². The Morgan fingerprint density at radius 3 is 2.58 bits per heavy atom. The van der Waals surface area contributed by atoms with Gasteiger partial charge in [0.15, 0.2) is 5.65 Å². The van der Waals surface area contributed by atoms with Crippen molar-refractivity contribution in [1.82, 2.24) is 24.2 Å². The molecule has 1 unspecified atom stereocenters. The molecule has 0 saturated heterocycles. The van der Waals surface area contributed by atoms with Crippen LogP contribution in [0.4, 0.5) is 0 Å². The lowest BCUT2D eigenvalue weighted by Crippen LogP contribution is -2.24. The lowest BCUT2D eigenvalue weighted by molar-refractivity contribution is 0.335. The number of rotatable bonds is 5. The monoisotopic (exact) mass is 283 g/mol. The second-order valence-corrected chi connectivity index (χ2v) is 5.48. The number of fused-ring (bicyclic) bond motifs is 1. The van der Waals surface area contributed by atoms with E-state index in [0.29, 0.717) is 11.9 Å². The maximum atomic E-state index is 6.06. The Hall–Kier alpha value is -1.07.